The lowest BCUT2D eigenvalue weighted by molar-refractivity contribution is -0.130. The summed E-state index contributed by atoms with van der Waals surface area (Å²) in [5.41, 5.74) is 1.70. The van der Waals surface area contributed by atoms with Crippen LogP contribution in [-0.2, 0) is 20.7 Å². The van der Waals surface area contributed by atoms with Crippen LogP contribution in [0.15, 0.2) is 54.6 Å². The van der Waals surface area contributed by atoms with Gasteiger partial charge in [-0.05, 0) is 29.8 Å². The molecule has 1 atom stereocenters. The number of ether oxygens (including phenoxy) is 1. The summed E-state index contributed by atoms with van der Waals surface area (Å²) in [5, 5.41) is 5.20. The van der Waals surface area contributed by atoms with Crippen molar-refractivity contribution in [1.29, 1.82) is 0 Å². The van der Waals surface area contributed by atoms with E-state index in [1.807, 2.05) is 30.3 Å². The minimum atomic E-state index is -0.693. The highest BCUT2D eigenvalue weighted by atomic mass is 16.5. The standard InChI is InChI=1S/C20H19N3O5/c1-28-19(26)14-7-9-15(10-8-14)21-17(24)12-23-18(25)16(22-20(23)27)11-13-5-3-2-4-6-13/h2-10,16H,11-12H2,1H3,(H,21,24)(H,22,27)/t16-/m0/s1. The number of nitrogens with zero attached hydrogens (tertiary/aromatic N) is 1. The number of carbonyl (C=O) groups is 4. The highest BCUT2D eigenvalue weighted by Gasteiger charge is 2.38. The molecule has 1 heterocycles. The van der Waals surface area contributed by atoms with E-state index in [4.69, 9.17) is 0 Å². The lowest BCUT2D eigenvalue weighted by Crippen LogP contribution is -2.38. The summed E-state index contributed by atoms with van der Waals surface area (Å²) in [7, 11) is 1.28. The zero-order chi connectivity index (χ0) is 20.1. The summed E-state index contributed by atoms with van der Waals surface area (Å²) in [5.74, 6) is -1.44. The molecular formula is C20H19N3O5. The van der Waals surface area contributed by atoms with Crippen molar-refractivity contribution in [3.8, 4) is 0 Å². The number of carbonyl (C=O) groups excluding carboxylic acids is 4. The lowest BCUT2D eigenvalue weighted by Gasteiger charge is -2.13. The van der Waals surface area contributed by atoms with Crippen molar-refractivity contribution < 1.29 is 23.9 Å². The second-order valence-corrected chi connectivity index (χ2v) is 6.23. The Balaban J connectivity index is 1.58. The molecule has 28 heavy (non-hydrogen) atoms. The first-order valence-corrected chi connectivity index (χ1v) is 8.62. The quantitative estimate of drug-likeness (QED) is 0.584. The molecule has 0 bridgehead atoms. The number of hydrogen-bond acceptors (Lipinski definition) is 5. The van der Waals surface area contributed by atoms with Crippen LogP contribution < -0.4 is 10.6 Å². The molecule has 2 aromatic rings. The van der Waals surface area contributed by atoms with Gasteiger partial charge in [0.05, 0.1) is 12.7 Å². The van der Waals surface area contributed by atoms with E-state index in [9.17, 15) is 19.2 Å². The van der Waals surface area contributed by atoms with Crippen LogP contribution in [0.2, 0.25) is 0 Å². The normalized spacial score (nSPS) is 15.9. The Kier molecular flexibility index (Phi) is 5.69. The first kappa shape index (κ1) is 19.1. The van der Waals surface area contributed by atoms with Crippen LogP contribution in [0.3, 0.4) is 0 Å². The molecule has 3 rings (SSSR count). The van der Waals surface area contributed by atoms with Gasteiger partial charge in [0.2, 0.25) is 5.91 Å². The number of nitrogens with one attached hydrogen (secondary N) is 2. The van der Waals surface area contributed by atoms with Crippen molar-refractivity contribution in [1.82, 2.24) is 10.2 Å². The molecule has 0 spiro atoms. The molecule has 4 amide bonds. The minimum Gasteiger partial charge on any atom is -0.465 e. The number of amides is 4. The highest BCUT2D eigenvalue weighted by Crippen LogP contribution is 2.14. The predicted octanol–water partition coefficient (Wildman–Crippen LogP) is 1.57. The fourth-order valence-electron chi connectivity index (χ4n) is 2.87. The van der Waals surface area contributed by atoms with Crippen molar-refractivity contribution in [2.75, 3.05) is 19.0 Å². The summed E-state index contributed by atoms with van der Waals surface area (Å²) in [6, 6.07) is 14.1. The number of anilines is 1. The summed E-state index contributed by atoms with van der Waals surface area (Å²) < 4.78 is 4.61. The van der Waals surface area contributed by atoms with Gasteiger partial charge in [-0.2, -0.15) is 0 Å². The smallest absolute Gasteiger partial charge is 0.337 e. The van der Waals surface area contributed by atoms with Crippen molar-refractivity contribution in [3.63, 3.8) is 0 Å². The Morgan fingerprint density at radius 3 is 2.39 bits per heavy atom. The number of benzene rings is 2. The summed E-state index contributed by atoms with van der Waals surface area (Å²) in [6.45, 7) is -0.394. The molecule has 2 aromatic carbocycles. The molecule has 0 radical (unpaired) electrons. The van der Waals surface area contributed by atoms with E-state index in [1.165, 1.54) is 31.4 Å². The number of rotatable bonds is 6. The van der Waals surface area contributed by atoms with Crippen LogP contribution >= 0.6 is 0 Å². The molecule has 0 aromatic heterocycles. The number of urea groups is 1. The van der Waals surface area contributed by atoms with Crippen LogP contribution in [0.5, 0.6) is 0 Å². The lowest BCUT2D eigenvalue weighted by atomic mass is 10.1. The maximum atomic E-state index is 12.5. The van der Waals surface area contributed by atoms with E-state index >= 15 is 0 Å². The third-order valence-corrected chi connectivity index (χ3v) is 4.28. The van der Waals surface area contributed by atoms with E-state index in [1.54, 1.807) is 0 Å². The molecule has 0 saturated carbocycles. The van der Waals surface area contributed by atoms with E-state index < -0.39 is 36.4 Å². The Labute approximate surface area is 161 Å². The second-order valence-electron chi connectivity index (χ2n) is 6.23. The van der Waals surface area contributed by atoms with Crippen molar-refractivity contribution in [2.24, 2.45) is 0 Å². The van der Waals surface area contributed by atoms with Crippen molar-refractivity contribution in [2.45, 2.75) is 12.5 Å². The van der Waals surface area contributed by atoms with Crippen LogP contribution in [0.25, 0.3) is 0 Å². The first-order chi connectivity index (χ1) is 13.5. The monoisotopic (exact) mass is 381 g/mol. The fraction of sp³-hybridized carbons (Fsp3) is 0.200. The van der Waals surface area contributed by atoms with Gasteiger partial charge in [0.1, 0.15) is 12.6 Å². The molecule has 2 N–H and O–H groups in total. The van der Waals surface area contributed by atoms with Crippen LogP contribution in [0, 0.1) is 0 Å². The van der Waals surface area contributed by atoms with E-state index in [0.717, 1.165) is 10.5 Å². The average molecular weight is 381 g/mol. The zero-order valence-electron chi connectivity index (χ0n) is 15.2. The fourth-order valence-corrected chi connectivity index (χ4v) is 2.87. The van der Waals surface area contributed by atoms with Gasteiger partial charge >= 0.3 is 12.0 Å². The third kappa shape index (κ3) is 4.35. The van der Waals surface area contributed by atoms with Gasteiger partial charge in [0.25, 0.3) is 5.91 Å². The molecule has 8 heteroatoms. The van der Waals surface area contributed by atoms with Gasteiger partial charge in [-0.25, -0.2) is 9.59 Å². The van der Waals surface area contributed by atoms with E-state index in [0.29, 0.717) is 17.7 Å². The molecule has 1 aliphatic rings. The van der Waals surface area contributed by atoms with Crippen molar-refractivity contribution >= 4 is 29.5 Å². The van der Waals surface area contributed by atoms with Gasteiger partial charge in [-0.1, -0.05) is 30.3 Å². The molecule has 8 nitrogen and oxygen atoms in total. The molecule has 1 fully saturated rings. The minimum absolute atomic E-state index is 0.346. The molecule has 0 unspecified atom stereocenters. The first-order valence-electron chi connectivity index (χ1n) is 8.62. The van der Waals surface area contributed by atoms with Crippen LogP contribution in [-0.4, -0.2) is 48.4 Å². The molecule has 144 valence electrons. The van der Waals surface area contributed by atoms with E-state index in [2.05, 4.69) is 15.4 Å². The third-order valence-electron chi connectivity index (χ3n) is 4.28. The average Bonchev–Trinajstić information content (AvgIpc) is 2.96. The number of hydrogen-bond donors (Lipinski definition) is 2. The molecular weight excluding hydrogens is 362 g/mol. The Morgan fingerprint density at radius 2 is 1.75 bits per heavy atom. The van der Waals surface area contributed by atoms with Gasteiger partial charge < -0.3 is 15.4 Å². The Morgan fingerprint density at radius 1 is 1.07 bits per heavy atom. The maximum Gasteiger partial charge on any atom is 0.337 e. The zero-order valence-corrected chi connectivity index (χ0v) is 15.2. The molecule has 0 aliphatic carbocycles. The van der Waals surface area contributed by atoms with Crippen LogP contribution in [0.4, 0.5) is 10.5 Å². The number of esters is 1. The van der Waals surface area contributed by atoms with Gasteiger partial charge in [0, 0.05) is 12.1 Å². The number of methoxy groups -OCH3 is 1. The summed E-state index contributed by atoms with van der Waals surface area (Å²) >= 11 is 0. The Hall–Kier alpha value is -3.68. The van der Waals surface area contributed by atoms with Crippen molar-refractivity contribution in [3.05, 3.63) is 65.7 Å². The SMILES string of the molecule is COC(=O)c1ccc(NC(=O)CN2C(=O)N[C@@H](Cc3ccccc3)C2=O)cc1. The largest absolute Gasteiger partial charge is 0.465 e. The van der Waals surface area contributed by atoms with Gasteiger partial charge in [-0.3, -0.25) is 14.5 Å². The molecule has 1 aliphatic heterocycles. The maximum absolute atomic E-state index is 12.5. The predicted molar refractivity (Wildman–Crippen MR) is 101 cm³/mol. The summed E-state index contributed by atoms with van der Waals surface area (Å²) in [4.78, 5) is 49.1. The highest BCUT2D eigenvalue weighted by molar-refractivity contribution is 6.08. The van der Waals surface area contributed by atoms with Gasteiger partial charge in [-0.15, -0.1) is 0 Å². The second kappa shape index (κ2) is 8.34. The topological polar surface area (TPSA) is 105 Å². The van der Waals surface area contributed by atoms with Crippen LogP contribution in [0.1, 0.15) is 15.9 Å². The van der Waals surface area contributed by atoms with E-state index in [-0.39, 0.29) is 0 Å². The Bertz CT molecular complexity index is 896. The number of imide groups is 1. The molecule has 1 saturated heterocycles. The van der Waals surface area contributed by atoms with Gasteiger partial charge in [0.15, 0.2) is 0 Å². The summed E-state index contributed by atoms with van der Waals surface area (Å²) in [6.07, 6.45) is 0.360.